The molecule has 3 aromatic rings. The predicted octanol–water partition coefficient (Wildman–Crippen LogP) is 4.04. The van der Waals surface area contributed by atoms with Crippen LogP contribution in [0.15, 0.2) is 53.9 Å². The number of halogens is 2. The lowest BCUT2D eigenvalue weighted by Crippen LogP contribution is -2.40. The van der Waals surface area contributed by atoms with E-state index in [9.17, 15) is 14.4 Å². The molecule has 184 valence electrons. The summed E-state index contributed by atoms with van der Waals surface area (Å²) in [6.07, 6.45) is 0.0900. The van der Waals surface area contributed by atoms with Gasteiger partial charge in [0.25, 0.3) is 5.91 Å². The fraction of sp³-hybridized carbons (Fsp3) is 0.250. The summed E-state index contributed by atoms with van der Waals surface area (Å²) < 4.78 is 5.07. The number of amides is 3. The number of ether oxygens (including phenoxy) is 1. The molecule has 2 N–H and O–H groups in total. The second-order valence-electron chi connectivity index (χ2n) is 7.47. The summed E-state index contributed by atoms with van der Waals surface area (Å²) in [5, 5.41) is 8.16. The Morgan fingerprint density at radius 2 is 1.86 bits per heavy atom. The van der Waals surface area contributed by atoms with Gasteiger partial charge in [-0.25, -0.2) is 4.98 Å². The molecular formula is C24H24Cl2N4O4S. The Morgan fingerprint density at radius 1 is 1.09 bits per heavy atom. The zero-order chi connectivity index (χ0) is 25.2. The van der Waals surface area contributed by atoms with Crippen molar-refractivity contribution >= 4 is 57.4 Å². The standard InChI is InChI=1S/C24H24Cl2N4O4S/c1-34-10-9-30(23(33)19-8-7-17(25)11-20(19)26)14-22(32)29-24-28-18(15-35-24)12-21(31)27-13-16-5-3-2-4-6-16/h2-8,11,15H,9-10,12-14H2,1H3,(H,27,31)(H,28,29,32). The molecule has 3 amide bonds. The fourth-order valence-electron chi connectivity index (χ4n) is 3.09. The lowest BCUT2D eigenvalue weighted by molar-refractivity contribution is -0.120. The van der Waals surface area contributed by atoms with Crippen LogP contribution in [-0.2, 0) is 27.3 Å². The van der Waals surface area contributed by atoms with E-state index in [2.05, 4.69) is 15.6 Å². The zero-order valence-corrected chi connectivity index (χ0v) is 21.3. The number of rotatable bonds is 11. The van der Waals surface area contributed by atoms with Crippen LogP contribution < -0.4 is 10.6 Å². The van der Waals surface area contributed by atoms with E-state index in [0.717, 1.165) is 5.56 Å². The van der Waals surface area contributed by atoms with Crippen molar-refractivity contribution in [1.82, 2.24) is 15.2 Å². The molecule has 0 fully saturated rings. The number of nitrogens with zero attached hydrogens (tertiary/aromatic N) is 2. The number of hydrogen-bond donors (Lipinski definition) is 2. The minimum Gasteiger partial charge on any atom is -0.383 e. The van der Waals surface area contributed by atoms with Crippen molar-refractivity contribution in [2.24, 2.45) is 0 Å². The van der Waals surface area contributed by atoms with E-state index in [1.807, 2.05) is 30.3 Å². The molecule has 0 atom stereocenters. The van der Waals surface area contributed by atoms with Crippen molar-refractivity contribution in [3.05, 3.63) is 80.8 Å². The molecule has 2 aromatic carbocycles. The average molecular weight is 535 g/mol. The maximum Gasteiger partial charge on any atom is 0.255 e. The second-order valence-corrected chi connectivity index (χ2v) is 9.18. The van der Waals surface area contributed by atoms with Gasteiger partial charge in [0, 0.05) is 30.6 Å². The number of hydrogen-bond acceptors (Lipinski definition) is 6. The van der Waals surface area contributed by atoms with Crippen LogP contribution in [0.3, 0.4) is 0 Å². The van der Waals surface area contributed by atoms with E-state index in [1.54, 1.807) is 11.4 Å². The van der Waals surface area contributed by atoms with E-state index in [-0.39, 0.29) is 42.6 Å². The lowest BCUT2D eigenvalue weighted by atomic mass is 10.2. The first-order valence-corrected chi connectivity index (χ1v) is 12.3. The van der Waals surface area contributed by atoms with Gasteiger partial charge in [0.15, 0.2) is 5.13 Å². The van der Waals surface area contributed by atoms with Gasteiger partial charge in [0.05, 0.1) is 29.3 Å². The summed E-state index contributed by atoms with van der Waals surface area (Å²) in [6.45, 7) is 0.625. The summed E-state index contributed by atoms with van der Waals surface area (Å²) in [6, 6.07) is 14.1. The summed E-state index contributed by atoms with van der Waals surface area (Å²) >= 11 is 13.3. The van der Waals surface area contributed by atoms with Gasteiger partial charge in [0.1, 0.15) is 6.54 Å². The first-order valence-electron chi connectivity index (χ1n) is 10.6. The van der Waals surface area contributed by atoms with Gasteiger partial charge in [-0.3, -0.25) is 14.4 Å². The molecule has 0 bridgehead atoms. The summed E-state index contributed by atoms with van der Waals surface area (Å²) in [4.78, 5) is 43.5. The van der Waals surface area contributed by atoms with E-state index < -0.39 is 11.8 Å². The van der Waals surface area contributed by atoms with Crippen LogP contribution in [0.1, 0.15) is 21.6 Å². The Labute approximate surface area is 217 Å². The minimum absolute atomic E-state index is 0.0900. The molecule has 1 aromatic heterocycles. The Bertz CT molecular complexity index is 1170. The molecule has 0 aliphatic heterocycles. The highest BCUT2D eigenvalue weighted by atomic mass is 35.5. The SMILES string of the molecule is COCCN(CC(=O)Nc1nc(CC(=O)NCc2ccccc2)cs1)C(=O)c1ccc(Cl)cc1Cl. The normalized spacial score (nSPS) is 10.6. The van der Waals surface area contributed by atoms with Crippen LogP contribution in [-0.4, -0.2) is 54.4 Å². The quantitative estimate of drug-likeness (QED) is 0.386. The third-order valence-corrected chi connectivity index (χ3v) is 6.18. The molecule has 1 heterocycles. The summed E-state index contributed by atoms with van der Waals surface area (Å²) in [5.74, 6) is -1.03. The van der Waals surface area contributed by atoms with E-state index in [0.29, 0.717) is 22.4 Å². The highest BCUT2D eigenvalue weighted by Crippen LogP contribution is 2.22. The van der Waals surface area contributed by atoms with Gasteiger partial charge >= 0.3 is 0 Å². The van der Waals surface area contributed by atoms with E-state index >= 15 is 0 Å². The number of methoxy groups -OCH3 is 1. The smallest absolute Gasteiger partial charge is 0.255 e. The Balaban J connectivity index is 1.55. The topological polar surface area (TPSA) is 101 Å². The Kier molecular flexibility index (Phi) is 10.0. The van der Waals surface area contributed by atoms with Gasteiger partial charge in [-0.1, -0.05) is 53.5 Å². The molecule has 0 radical (unpaired) electrons. The van der Waals surface area contributed by atoms with Crippen molar-refractivity contribution in [2.45, 2.75) is 13.0 Å². The molecule has 11 heteroatoms. The monoisotopic (exact) mass is 534 g/mol. The highest BCUT2D eigenvalue weighted by molar-refractivity contribution is 7.13. The molecule has 8 nitrogen and oxygen atoms in total. The fourth-order valence-corrected chi connectivity index (χ4v) is 4.30. The van der Waals surface area contributed by atoms with E-state index in [1.165, 1.54) is 35.5 Å². The summed E-state index contributed by atoms with van der Waals surface area (Å²) in [5.41, 5.74) is 1.77. The van der Waals surface area contributed by atoms with Gasteiger partial charge in [-0.2, -0.15) is 0 Å². The number of aromatic nitrogens is 1. The third kappa shape index (κ3) is 8.32. The minimum atomic E-state index is -0.436. The maximum absolute atomic E-state index is 13.0. The van der Waals surface area contributed by atoms with Gasteiger partial charge in [-0.05, 0) is 23.8 Å². The van der Waals surface area contributed by atoms with Crippen molar-refractivity contribution in [3.63, 3.8) is 0 Å². The molecule has 3 rings (SSSR count). The van der Waals surface area contributed by atoms with Crippen LogP contribution >= 0.6 is 34.5 Å². The van der Waals surface area contributed by atoms with Crippen molar-refractivity contribution in [3.8, 4) is 0 Å². The van der Waals surface area contributed by atoms with E-state index in [4.69, 9.17) is 27.9 Å². The van der Waals surface area contributed by atoms with Crippen LogP contribution in [0.25, 0.3) is 0 Å². The third-order valence-electron chi connectivity index (χ3n) is 4.82. The zero-order valence-electron chi connectivity index (χ0n) is 18.9. The van der Waals surface area contributed by atoms with Crippen molar-refractivity contribution in [1.29, 1.82) is 0 Å². The number of carbonyl (C=O) groups is 3. The molecule has 35 heavy (non-hydrogen) atoms. The molecule has 0 saturated heterocycles. The first kappa shape index (κ1) is 26.6. The van der Waals surface area contributed by atoms with Crippen molar-refractivity contribution in [2.75, 3.05) is 32.1 Å². The maximum atomic E-state index is 13.0. The van der Waals surface area contributed by atoms with Gasteiger partial charge in [-0.15, -0.1) is 11.3 Å². The largest absolute Gasteiger partial charge is 0.383 e. The summed E-state index contributed by atoms with van der Waals surface area (Å²) in [7, 11) is 1.51. The van der Waals surface area contributed by atoms with Gasteiger partial charge < -0.3 is 20.3 Å². The van der Waals surface area contributed by atoms with Crippen LogP contribution in [0.4, 0.5) is 5.13 Å². The number of carbonyl (C=O) groups excluding carboxylic acids is 3. The molecule has 0 aliphatic carbocycles. The number of anilines is 1. The lowest BCUT2D eigenvalue weighted by Gasteiger charge is -2.22. The number of benzene rings is 2. The van der Waals surface area contributed by atoms with Crippen molar-refractivity contribution < 1.29 is 19.1 Å². The second kappa shape index (κ2) is 13.2. The predicted molar refractivity (Wildman–Crippen MR) is 137 cm³/mol. The van der Waals surface area contributed by atoms with Gasteiger partial charge in [0.2, 0.25) is 11.8 Å². The number of nitrogens with one attached hydrogen (secondary N) is 2. The Morgan fingerprint density at radius 3 is 2.57 bits per heavy atom. The average Bonchev–Trinajstić information content (AvgIpc) is 3.27. The molecule has 0 aliphatic rings. The number of thiazole rings is 1. The first-order chi connectivity index (χ1) is 16.9. The van der Waals surface area contributed by atoms with Crippen LogP contribution in [0.2, 0.25) is 10.0 Å². The molecule has 0 unspecified atom stereocenters. The van der Waals surface area contributed by atoms with Crippen LogP contribution in [0.5, 0.6) is 0 Å². The molecule has 0 saturated carbocycles. The molecular weight excluding hydrogens is 511 g/mol. The van der Waals surface area contributed by atoms with Crippen LogP contribution in [0, 0.1) is 0 Å². The highest BCUT2D eigenvalue weighted by Gasteiger charge is 2.22. The molecule has 0 spiro atoms. The Hall–Kier alpha value is -2.98.